The van der Waals surface area contributed by atoms with Crippen LogP contribution in [0.2, 0.25) is 0 Å². The Labute approximate surface area is 105 Å². The van der Waals surface area contributed by atoms with Crippen molar-refractivity contribution in [2.75, 3.05) is 7.11 Å². The van der Waals surface area contributed by atoms with Crippen molar-refractivity contribution < 1.29 is 14.3 Å². The van der Waals surface area contributed by atoms with Crippen molar-refractivity contribution in [3.8, 4) is 0 Å². The average Bonchev–Trinajstić information content (AvgIpc) is 2.62. The number of rotatable bonds is 2. The van der Waals surface area contributed by atoms with Crippen LogP contribution in [-0.4, -0.2) is 24.4 Å². The zero-order chi connectivity index (χ0) is 13.8. The number of hydrogen-bond donors (Lipinski definition) is 0. The molecule has 2 bridgehead atoms. The Morgan fingerprint density at radius 2 is 2.11 bits per heavy atom. The second-order valence-electron chi connectivity index (χ2n) is 5.92. The van der Waals surface area contributed by atoms with E-state index in [0.29, 0.717) is 6.42 Å². The lowest BCUT2D eigenvalue weighted by Crippen LogP contribution is -2.51. The van der Waals surface area contributed by atoms with Gasteiger partial charge >= 0.3 is 5.97 Å². The number of Topliss-reactive ketones (excluding diaryl/α,β-unsaturated/α-hetero) is 1. The monoisotopic (exact) mass is 251 g/mol. The van der Waals surface area contributed by atoms with Gasteiger partial charge in [-0.1, -0.05) is 25.9 Å². The van der Waals surface area contributed by atoms with Crippen LogP contribution in [0.5, 0.6) is 0 Å². The van der Waals surface area contributed by atoms with Crippen LogP contribution in [0.15, 0.2) is 5.11 Å². The molecular weight excluding hydrogens is 234 g/mol. The van der Waals surface area contributed by atoms with E-state index in [2.05, 4.69) is 10.0 Å². The first-order valence-electron chi connectivity index (χ1n) is 5.98. The summed E-state index contributed by atoms with van der Waals surface area (Å²) < 4.78 is 4.73. The van der Waals surface area contributed by atoms with Crippen molar-refractivity contribution in [3.05, 3.63) is 10.4 Å². The fraction of sp³-hybridized carbons (Fsp3) is 0.833. The Morgan fingerprint density at radius 1 is 1.50 bits per heavy atom. The van der Waals surface area contributed by atoms with E-state index < -0.39 is 16.9 Å². The molecule has 0 N–H and O–H groups in total. The van der Waals surface area contributed by atoms with Gasteiger partial charge in [0.15, 0.2) is 5.78 Å². The number of carbonyl (C=O) groups is 2. The zero-order valence-corrected chi connectivity index (χ0v) is 11.1. The third kappa shape index (κ3) is 1.07. The molecule has 0 aromatic heterocycles. The van der Waals surface area contributed by atoms with Gasteiger partial charge in [-0.25, -0.2) is 0 Å². The highest BCUT2D eigenvalue weighted by Gasteiger charge is 2.76. The van der Waals surface area contributed by atoms with Crippen LogP contribution in [0, 0.1) is 16.7 Å². The largest absolute Gasteiger partial charge is 0.468 e. The van der Waals surface area contributed by atoms with Gasteiger partial charge in [0.05, 0.1) is 7.11 Å². The number of methoxy groups -OCH3 is 1. The third-order valence-corrected chi connectivity index (χ3v) is 5.28. The molecule has 2 fully saturated rings. The van der Waals surface area contributed by atoms with Gasteiger partial charge < -0.3 is 4.74 Å². The predicted molar refractivity (Wildman–Crippen MR) is 63.5 cm³/mol. The Hall–Kier alpha value is -1.55. The molecule has 6 nitrogen and oxygen atoms in total. The number of fused-ring (bicyclic) bond motifs is 2. The molecule has 98 valence electrons. The van der Waals surface area contributed by atoms with Gasteiger partial charge in [-0.05, 0) is 29.7 Å². The summed E-state index contributed by atoms with van der Waals surface area (Å²) >= 11 is 0. The summed E-state index contributed by atoms with van der Waals surface area (Å²) in [6.07, 6.45) is 1.42. The van der Waals surface area contributed by atoms with E-state index in [-0.39, 0.29) is 17.1 Å². The molecule has 6 heteroatoms. The van der Waals surface area contributed by atoms with Crippen molar-refractivity contribution in [2.45, 2.75) is 39.2 Å². The minimum absolute atomic E-state index is 0.286. The molecule has 1 unspecified atom stereocenters. The molecule has 0 saturated heterocycles. The van der Waals surface area contributed by atoms with Crippen LogP contribution in [0.4, 0.5) is 0 Å². The minimum Gasteiger partial charge on any atom is -0.468 e. The van der Waals surface area contributed by atoms with E-state index in [1.54, 1.807) is 0 Å². The molecule has 2 aliphatic carbocycles. The number of azide groups is 1. The lowest BCUT2D eigenvalue weighted by molar-refractivity contribution is -0.154. The first kappa shape index (κ1) is 12.9. The van der Waals surface area contributed by atoms with Gasteiger partial charge in [0.25, 0.3) is 0 Å². The van der Waals surface area contributed by atoms with Crippen molar-refractivity contribution in [1.82, 2.24) is 0 Å². The summed E-state index contributed by atoms with van der Waals surface area (Å²) in [5.41, 5.74) is 6.07. The highest BCUT2D eigenvalue weighted by Crippen LogP contribution is 2.68. The number of carbonyl (C=O) groups excluding carboxylic acids is 2. The van der Waals surface area contributed by atoms with Gasteiger partial charge in [0.2, 0.25) is 5.54 Å². The normalized spacial score (nSPS) is 40.4. The van der Waals surface area contributed by atoms with Crippen LogP contribution < -0.4 is 0 Å². The quantitative estimate of drug-likeness (QED) is 0.247. The predicted octanol–water partition coefficient (Wildman–Crippen LogP) is 2.23. The van der Waals surface area contributed by atoms with Crippen molar-refractivity contribution >= 4 is 11.8 Å². The summed E-state index contributed by atoms with van der Waals surface area (Å²) in [5, 5.41) is 3.59. The van der Waals surface area contributed by atoms with E-state index in [9.17, 15) is 9.59 Å². The first-order valence-corrected chi connectivity index (χ1v) is 5.98. The first-order chi connectivity index (χ1) is 8.29. The second kappa shape index (κ2) is 3.48. The summed E-state index contributed by atoms with van der Waals surface area (Å²) in [7, 11) is 1.21. The highest BCUT2D eigenvalue weighted by atomic mass is 16.5. The Morgan fingerprint density at radius 3 is 2.50 bits per heavy atom. The van der Waals surface area contributed by atoms with Gasteiger partial charge in [-0.2, -0.15) is 0 Å². The summed E-state index contributed by atoms with van der Waals surface area (Å²) in [5.74, 6) is -1.31. The van der Waals surface area contributed by atoms with Gasteiger partial charge in [-0.3, -0.25) is 9.59 Å². The lowest BCUT2D eigenvalue weighted by Gasteiger charge is -2.32. The third-order valence-electron chi connectivity index (χ3n) is 5.28. The van der Waals surface area contributed by atoms with Crippen LogP contribution in [0.3, 0.4) is 0 Å². The summed E-state index contributed by atoms with van der Waals surface area (Å²) in [6, 6.07) is 0. The standard InChI is InChI=1S/C12H17N3O3/c1-10(2)7-5-6-11(10,3)8(16)12(7,14-15-13)9(17)18-4/h7H,5-6H2,1-4H3/t7-,11-,12?/m0/s1. The van der Waals surface area contributed by atoms with E-state index in [4.69, 9.17) is 10.3 Å². The Balaban J connectivity index is 2.69. The lowest BCUT2D eigenvalue weighted by atomic mass is 9.70. The molecule has 18 heavy (non-hydrogen) atoms. The topological polar surface area (TPSA) is 92.1 Å². The molecule has 0 aromatic rings. The highest BCUT2D eigenvalue weighted by molar-refractivity contribution is 6.14. The van der Waals surface area contributed by atoms with E-state index in [1.165, 1.54) is 7.11 Å². The molecule has 2 rings (SSSR count). The molecular formula is C12H17N3O3. The molecule has 0 aromatic carbocycles. The van der Waals surface area contributed by atoms with Crippen molar-refractivity contribution in [2.24, 2.45) is 21.9 Å². The minimum atomic E-state index is -1.67. The molecule has 2 saturated carbocycles. The van der Waals surface area contributed by atoms with Crippen molar-refractivity contribution in [3.63, 3.8) is 0 Å². The number of nitrogens with zero attached hydrogens (tertiary/aromatic N) is 3. The van der Waals surface area contributed by atoms with Crippen LogP contribution >= 0.6 is 0 Å². The average molecular weight is 251 g/mol. The van der Waals surface area contributed by atoms with E-state index in [1.807, 2.05) is 20.8 Å². The fourth-order valence-electron chi connectivity index (χ4n) is 3.83. The molecule has 2 aliphatic rings. The molecule has 0 amide bonds. The summed E-state index contributed by atoms with van der Waals surface area (Å²) in [6.45, 7) is 5.77. The second-order valence-corrected chi connectivity index (χ2v) is 5.92. The van der Waals surface area contributed by atoms with Crippen LogP contribution in [0.1, 0.15) is 33.6 Å². The number of hydrogen-bond acceptors (Lipinski definition) is 4. The number of ether oxygens (including phenoxy) is 1. The number of esters is 1. The van der Waals surface area contributed by atoms with Crippen LogP contribution in [0.25, 0.3) is 10.4 Å². The van der Waals surface area contributed by atoms with Crippen LogP contribution in [-0.2, 0) is 14.3 Å². The fourth-order valence-corrected chi connectivity index (χ4v) is 3.83. The van der Waals surface area contributed by atoms with Gasteiger partial charge in [0.1, 0.15) is 0 Å². The van der Waals surface area contributed by atoms with Crippen molar-refractivity contribution in [1.29, 1.82) is 0 Å². The number of ketones is 1. The van der Waals surface area contributed by atoms with Gasteiger partial charge in [0, 0.05) is 10.3 Å². The molecule has 0 radical (unpaired) electrons. The van der Waals surface area contributed by atoms with E-state index in [0.717, 1.165) is 6.42 Å². The Bertz CT molecular complexity index is 481. The molecule has 0 spiro atoms. The van der Waals surface area contributed by atoms with Gasteiger partial charge in [-0.15, -0.1) is 0 Å². The smallest absolute Gasteiger partial charge is 0.325 e. The maximum atomic E-state index is 12.7. The Kier molecular flexibility index (Phi) is 2.49. The maximum Gasteiger partial charge on any atom is 0.325 e. The van der Waals surface area contributed by atoms with E-state index >= 15 is 0 Å². The SMILES string of the molecule is COC(=O)C1(N=[N+]=[N-])C(=O)[C@]2(C)CC[C@H]1C2(C)C. The zero-order valence-electron chi connectivity index (χ0n) is 11.1. The maximum absolute atomic E-state index is 12.7. The molecule has 0 aliphatic heterocycles. The summed E-state index contributed by atoms with van der Waals surface area (Å²) in [4.78, 5) is 27.4. The molecule has 3 atom stereocenters. The molecule has 0 heterocycles.